The van der Waals surface area contributed by atoms with Crippen molar-refractivity contribution in [2.45, 2.75) is 50.6 Å². The lowest BCUT2D eigenvalue weighted by atomic mass is 9.92. The fraction of sp³-hybridized carbons (Fsp3) is 0.471. The topological polar surface area (TPSA) is 109 Å². The van der Waals surface area contributed by atoms with E-state index in [-0.39, 0.29) is 23.7 Å². The Balaban J connectivity index is 2.04. The van der Waals surface area contributed by atoms with Crippen LogP contribution in [0.15, 0.2) is 24.3 Å². The number of aromatic carboxylic acids is 1. The molecule has 1 atom stereocenters. The highest BCUT2D eigenvalue weighted by Crippen LogP contribution is 2.30. The first-order valence-corrected chi connectivity index (χ1v) is 7.75. The summed E-state index contributed by atoms with van der Waals surface area (Å²) in [6.07, 6.45) is 3.34. The summed E-state index contributed by atoms with van der Waals surface area (Å²) in [6, 6.07) is 5.52. The second kappa shape index (κ2) is 6.91. The predicted octanol–water partition coefficient (Wildman–Crippen LogP) is 1.27. The van der Waals surface area contributed by atoms with Gasteiger partial charge in [0.15, 0.2) is 5.78 Å². The van der Waals surface area contributed by atoms with Gasteiger partial charge in [0.25, 0.3) is 0 Å². The Morgan fingerprint density at radius 2 is 1.96 bits per heavy atom. The van der Waals surface area contributed by atoms with E-state index in [1.54, 1.807) is 12.1 Å². The van der Waals surface area contributed by atoms with Gasteiger partial charge in [-0.2, -0.15) is 0 Å². The minimum absolute atomic E-state index is 0.0385. The molecule has 6 nitrogen and oxygen atoms in total. The van der Waals surface area contributed by atoms with Crippen molar-refractivity contribution in [2.24, 2.45) is 5.73 Å². The number of hydrogen-bond acceptors (Lipinski definition) is 4. The van der Waals surface area contributed by atoms with Crippen LogP contribution < -0.4 is 11.1 Å². The van der Waals surface area contributed by atoms with Crippen molar-refractivity contribution >= 4 is 17.7 Å². The molecule has 1 aliphatic rings. The summed E-state index contributed by atoms with van der Waals surface area (Å²) in [4.78, 5) is 35.2. The van der Waals surface area contributed by atoms with Crippen LogP contribution in [0.3, 0.4) is 0 Å². The molecule has 0 bridgehead atoms. The molecule has 0 heterocycles. The standard InChI is InChI=1S/C17H22N2O4/c1-11(20)17(7-2-3-8-17)19-15(21)14(18)10-12-5-4-6-13(9-12)16(22)23/h4-6,9,14H,2-3,7-8,10,18H2,1H3,(H,19,21)(H,22,23). The molecule has 0 radical (unpaired) electrons. The number of benzene rings is 1. The third-order valence-corrected chi connectivity index (χ3v) is 4.46. The van der Waals surface area contributed by atoms with E-state index in [1.165, 1.54) is 19.1 Å². The molecular weight excluding hydrogens is 296 g/mol. The molecule has 2 rings (SSSR count). The zero-order valence-electron chi connectivity index (χ0n) is 13.2. The van der Waals surface area contributed by atoms with Crippen LogP contribution in [0.1, 0.15) is 48.5 Å². The summed E-state index contributed by atoms with van der Waals surface area (Å²) < 4.78 is 0. The molecule has 1 amide bonds. The molecule has 0 aliphatic heterocycles. The van der Waals surface area contributed by atoms with E-state index in [9.17, 15) is 14.4 Å². The summed E-state index contributed by atoms with van der Waals surface area (Å²) >= 11 is 0. The van der Waals surface area contributed by atoms with E-state index < -0.39 is 17.6 Å². The van der Waals surface area contributed by atoms with Crippen LogP contribution in [0.2, 0.25) is 0 Å². The van der Waals surface area contributed by atoms with Gasteiger partial charge in [-0.25, -0.2) is 4.79 Å². The van der Waals surface area contributed by atoms with Crippen LogP contribution in [-0.2, 0) is 16.0 Å². The first-order valence-electron chi connectivity index (χ1n) is 7.75. The molecule has 1 saturated carbocycles. The van der Waals surface area contributed by atoms with Gasteiger partial charge in [-0.3, -0.25) is 9.59 Å². The Hall–Kier alpha value is -2.21. The summed E-state index contributed by atoms with van der Waals surface area (Å²) in [5.41, 5.74) is 6.00. The highest BCUT2D eigenvalue weighted by Gasteiger charge is 2.40. The van der Waals surface area contributed by atoms with Crippen LogP contribution in [0.4, 0.5) is 0 Å². The van der Waals surface area contributed by atoms with Crippen molar-refractivity contribution in [3.05, 3.63) is 35.4 Å². The molecule has 4 N–H and O–H groups in total. The number of carboxylic acids is 1. The van der Waals surface area contributed by atoms with Gasteiger partial charge in [-0.15, -0.1) is 0 Å². The number of nitrogens with two attached hydrogens (primary N) is 1. The molecule has 1 unspecified atom stereocenters. The minimum Gasteiger partial charge on any atom is -0.478 e. The predicted molar refractivity (Wildman–Crippen MR) is 85.1 cm³/mol. The molecular formula is C17H22N2O4. The number of carbonyl (C=O) groups excluding carboxylic acids is 2. The monoisotopic (exact) mass is 318 g/mol. The highest BCUT2D eigenvalue weighted by atomic mass is 16.4. The Morgan fingerprint density at radius 3 is 2.52 bits per heavy atom. The Morgan fingerprint density at radius 1 is 1.30 bits per heavy atom. The quantitative estimate of drug-likeness (QED) is 0.732. The Kier molecular flexibility index (Phi) is 5.15. The molecule has 6 heteroatoms. The number of Topliss-reactive ketones (excluding diaryl/α,β-unsaturated/α-hetero) is 1. The van der Waals surface area contributed by atoms with Gasteiger partial charge >= 0.3 is 5.97 Å². The maximum atomic E-state index is 12.3. The molecule has 0 spiro atoms. The van der Waals surface area contributed by atoms with Crippen molar-refractivity contribution < 1.29 is 19.5 Å². The fourth-order valence-electron chi connectivity index (χ4n) is 3.05. The average Bonchev–Trinajstić information content (AvgIpc) is 2.97. The zero-order chi connectivity index (χ0) is 17.0. The van der Waals surface area contributed by atoms with Gasteiger partial charge in [-0.05, 0) is 43.9 Å². The second-order valence-corrected chi connectivity index (χ2v) is 6.15. The van der Waals surface area contributed by atoms with Crippen molar-refractivity contribution in [3.8, 4) is 0 Å². The normalized spacial score (nSPS) is 17.5. The average molecular weight is 318 g/mol. The number of carboxylic acid groups (broad SMARTS) is 1. The lowest BCUT2D eigenvalue weighted by molar-refractivity contribution is -0.131. The fourth-order valence-corrected chi connectivity index (χ4v) is 3.05. The first kappa shape index (κ1) is 17.1. The van der Waals surface area contributed by atoms with Crippen LogP contribution in [0.5, 0.6) is 0 Å². The number of hydrogen-bond donors (Lipinski definition) is 3. The van der Waals surface area contributed by atoms with E-state index in [0.29, 0.717) is 18.4 Å². The summed E-state index contributed by atoms with van der Waals surface area (Å²) in [5, 5.41) is 11.8. The molecule has 0 saturated heterocycles. The number of carbonyl (C=O) groups is 3. The van der Waals surface area contributed by atoms with E-state index in [4.69, 9.17) is 10.8 Å². The molecule has 1 fully saturated rings. The molecule has 0 aromatic heterocycles. The van der Waals surface area contributed by atoms with Crippen molar-refractivity contribution in [1.82, 2.24) is 5.32 Å². The van der Waals surface area contributed by atoms with E-state index >= 15 is 0 Å². The largest absolute Gasteiger partial charge is 0.478 e. The molecule has 1 aromatic rings. The first-order chi connectivity index (χ1) is 10.8. The van der Waals surface area contributed by atoms with Crippen molar-refractivity contribution in [2.75, 3.05) is 0 Å². The van der Waals surface area contributed by atoms with E-state index in [0.717, 1.165) is 12.8 Å². The van der Waals surface area contributed by atoms with Crippen LogP contribution in [0.25, 0.3) is 0 Å². The Labute approximate surface area is 135 Å². The third-order valence-electron chi connectivity index (χ3n) is 4.46. The lowest BCUT2D eigenvalue weighted by Crippen LogP contribution is -2.56. The van der Waals surface area contributed by atoms with E-state index in [1.807, 2.05) is 0 Å². The third kappa shape index (κ3) is 3.96. The minimum atomic E-state index is -1.02. The van der Waals surface area contributed by atoms with Gasteiger partial charge in [-0.1, -0.05) is 25.0 Å². The number of nitrogens with one attached hydrogen (secondary N) is 1. The number of rotatable bonds is 6. The van der Waals surface area contributed by atoms with Crippen LogP contribution in [0, 0.1) is 0 Å². The zero-order valence-corrected chi connectivity index (χ0v) is 13.2. The molecule has 23 heavy (non-hydrogen) atoms. The maximum absolute atomic E-state index is 12.3. The van der Waals surface area contributed by atoms with Gasteiger partial charge in [0.2, 0.25) is 5.91 Å². The summed E-state index contributed by atoms with van der Waals surface area (Å²) in [7, 11) is 0. The van der Waals surface area contributed by atoms with Crippen LogP contribution >= 0.6 is 0 Å². The SMILES string of the molecule is CC(=O)C1(NC(=O)C(N)Cc2cccc(C(=O)O)c2)CCCC1. The second-order valence-electron chi connectivity index (χ2n) is 6.15. The maximum Gasteiger partial charge on any atom is 0.335 e. The molecule has 1 aliphatic carbocycles. The van der Waals surface area contributed by atoms with Crippen molar-refractivity contribution in [3.63, 3.8) is 0 Å². The van der Waals surface area contributed by atoms with Gasteiger partial charge < -0.3 is 16.2 Å². The highest BCUT2D eigenvalue weighted by molar-refractivity contribution is 5.93. The number of ketones is 1. The van der Waals surface area contributed by atoms with Crippen molar-refractivity contribution in [1.29, 1.82) is 0 Å². The summed E-state index contributed by atoms with van der Waals surface area (Å²) in [6.45, 7) is 1.49. The van der Waals surface area contributed by atoms with Crippen LogP contribution in [-0.4, -0.2) is 34.3 Å². The van der Waals surface area contributed by atoms with Gasteiger partial charge in [0.1, 0.15) is 0 Å². The summed E-state index contributed by atoms with van der Waals surface area (Å²) in [5.74, 6) is -1.43. The van der Waals surface area contributed by atoms with Gasteiger partial charge in [0, 0.05) is 0 Å². The Bertz CT molecular complexity index is 621. The number of amides is 1. The molecule has 124 valence electrons. The molecule has 1 aromatic carbocycles. The lowest BCUT2D eigenvalue weighted by Gasteiger charge is -2.29. The van der Waals surface area contributed by atoms with E-state index in [2.05, 4.69) is 5.32 Å². The smallest absolute Gasteiger partial charge is 0.335 e. The van der Waals surface area contributed by atoms with Gasteiger partial charge in [0.05, 0.1) is 17.1 Å².